The lowest BCUT2D eigenvalue weighted by atomic mass is 10.0. The molecule has 1 amide bonds. The minimum atomic E-state index is -1.04. The number of imidazole rings is 1. The van der Waals surface area contributed by atoms with Gasteiger partial charge in [0.1, 0.15) is 23.6 Å². The third-order valence-corrected chi connectivity index (χ3v) is 5.15. The molecule has 1 aromatic carbocycles. The van der Waals surface area contributed by atoms with Gasteiger partial charge in [0.15, 0.2) is 0 Å². The van der Waals surface area contributed by atoms with E-state index in [1.165, 1.54) is 4.90 Å². The van der Waals surface area contributed by atoms with Crippen molar-refractivity contribution in [3.05, 3.63) is 58.9 Å². The van der Waals surface area contributed by atoms with Crippen molar-refractivity contribution >= 4 is 18.0 Å². The Morgan fingerprint density at radius 1 is 1.33 bits per heavy atom. The Balaban J connectivity index is 1.83. The second-order valence-corrected chi connectivity index (χ2v) is 7.24. The van der Waals surface area contributed by atoms with Gasteiger partial charge in [0.25, 0.3) is 0 Å². The van der Waals surface area contributed by atoms with Gasteiger partial charge in [-0.1, -0.05) is 0 Å². The maximum Gasteiger partial charge on any atom is 0.407 e. The number of fused-ring (bicyclic) bond motifs is 1. The van der Waals surface area contributed by atoms with Gasteiger partial charge in [0, 0.05) is 24.7 Å². The fourth-order valence-electron chi connectivity index (χ4n) is 3.71. The molecular formula is C21H19F2N3O4. The fourth-order valence-corrected chi connectivity index (χ4v) is 3.71. The number of amides is 1. The highest BCUT2D eigenvalue weighted by Crippen LogP contribution is 2.31. The van der Waals surface area contributed by atoms with Gasteiger partial charge < -0.3 is 19.1 Å². The molecule has 1 N–H and O–H groups in total. The average Bonchev–Trinajstić information content (AvgIpc) is 3.04. The van der Waals surface area contributed by atoms with Crippen molar-refractivity contribution in [2.45, 2.75) is 19.4 Å². The predicted octanol–water partition coefficient (Wildman–Crippen LogP) is 3.32. The van der Waals surface area contributed by atoms with Gasteiger partial charge in [0.05, 0.1) is 36.2 Å². The highest BCUT2D eigenvalue weighted by molar-refractivity contribution is 5.78. The Hall–Kier alpha value is -3.33. The number of aryl methyl sites for hydroxylation is 1. The summed E-state index contributed by atoms with van der Waals surface area (Å²) in [6, 6.07) is 5.56. The zero-order chi connectivity index (χ0) is 21.4. The number of aldehydes is 1. The predicted molar refractivity (Wildman–Crippen MR) is 104 cm³/mol. The summed E-state index contributed by atoms with van der Waals surface area (Å²) < 4.78 is 36.9. The van der Waals surface area contributed by atoms with E-state index in [9.17, 15) is 23.5 Å². The summed E-state index contributed by atoms with van der Waals surface area (Å²) in [6.45, 7) is 2.52. The molecule has 0 unspecified atom stereocenters. The van der Waals surface area contributed by atoms with E-state index >= 15 is 0 Å². The Kier molecular flexibility index (Phi) is 5.21. The van der Waals surface area contributed by atoms with Gasteiger partial charge in [-0.2, -0.15) is 0 Å². The average molecular weight is 415 g/mol. The number of aromatic nitrogens is 2. The van der Waals surface area contributed by atoms with E-state index in [-0.39, 0.29) is 42.9 Å². The zero-order valence-corrected chi connectivity index (χ0v) is 16.1. The minimum absolute atomic E-state index is 0.101. The molecule has 0 bridgehead atoms. The van der Waals surface area contributed by atoms with Crippen LogP contribution >= 0.6 is 0 Å². The molecule has 4 rings (SSSR count). The third kappa shape index (κ3) is 3.63. The van der Waals surface area contributed by atoms with Crippen molar-refractivity contribution < 1.29 is 28.2 Å². The molecule has 9 heteroatoms. The van der Waals surface area contributed by atoms with Crippen LogP contribution < -0.4 is 0 Å². The van der Waals surface area contributed by atoms with E-state index in [2.05, 4.69) is 4.98 Å². The van der Waals surface area contributed by atoms with Crippen molar-refractivity contribution in [3.63, 3.8) is 0 Å². The first-order chi connectivity index (χ1) is 14.4. The number of ether oxygens (including phenoxy) is 1. The summed E-state index contributed by atoms with van der Waals surface area (Å²) in [7, 11) is 0. The molecule has 0 radical (unpaired) electrons. The molecule has 1 fully saturated rings. The highest BCUT2D eigenvalue weighted by Gasteiger charge is 2.28. The van der Waals surface area contributed by atoms with Crippen LogP contribution in [0.2, 0.25) is 0 Å². The topological polar surface area (TPSA) is 84.1 Å². The van der Waals surface area contributed by atoms with E-state index in [1.807, 2.05) is 13.0 Å². The lowest BCUT2D eigenvalue weighted by Crippen LogP contribution is -2.45. The van der Waals surface area contributed by atoms with E-state index in [1.54, 1.807) is 16.7 Å². The molecule has 3 aromatic rings. The number of pyridine rings is 1. The molecule has 0 saturated carbocycles. The second kappa shape index (κ2) is 7.83. The van der Waals surface area contributed by atoms with Crippen LogP contribution in [-0.2, 0) is 11.2 Å². The zero-order valence-electron chi connectivity index (χ0n) is 16.1. The van der Waals surface area contributed by atoms with E-state index in [0.29, 0.717) is 17.6 Å². The monoisotopic (exact) mass is 415 g/mol. The first-order valence-corrected chi connectivity index (χ1v) is 9.39. The van der Waals surface area contributed by atoms with Gasteiger partial charge in [-0.15, -0.1) is 0 Å². The number of hydrogen-bond acceptors (Lipinski definition) is 4. The number of nitrogens with zero attached hydrogens (tertiary/aromatic N) is 3. The molecule has 3 heterocycles. The molecule has 1 aliphatic rings. The van der Waals surface area contributed by atoms with Crippen LogP contribution in [-0.4, -0.2) is 57.6 Å². The number of carbonyl (C=O) groups is 2. The third-order valence-electron chi connectivity index (χ3n) is 5.15. The Bertz CT molecular complexity index is 1120. The molecule has 0 spiro atoms. The molecule has 2 aromatic heterocycles. The van der Waals surface area contributed by atoms with Gasteiger partial charge in [0.2, 0.25) is 0 Å². The van der Waals surface area contributed by atoms with Gasteiger partial charge in [-0.25, -0.2) is 18.6 Å². The second-order valence-electron chi connectivity index (χ2n) is 7.24. The van der Waals surface area contributed by atoms with Crippen molar-refractivity contribution in [2.75, 3.05) is 19.7 Å². The van der Waals surface area contributed by atoms with Crippen molar-refractivity contribution in [1.82, 2.24) is 14.3 Å². The lowest BCUT2D eigenvalue weighted by Gasteiger charge is -2.31. The van der Waals surface area contributed by atoms with Crippen LogP contribution in [0.5, 0.6) is 0 Å². The molecule has 0 aliphatic carbocycles. The molecule has 7 nitrogen and oxygen atoms in total. The molecule has 1 saturated heterocycles. The first-order valence-electron chi connectivity index (χ1n) is 9.39. The number of carbonyl (C=O) groups excluding carboxylic acids is 1. The first kappa shape index (κ1) is 20.0. The van der Waals surface area contributed by atoms with Gasteiger partial charge in [-0.3, -0.25) is 4.79 Å². The smallest absolute Gasteiger partial charge is 0.407 e. The Morgan fingerprint density at radius 3 is 2.73 bits per heavy atom. The summed E-state index contributed by atoms with van der Waals surface area (Å²) in [4.78, 5) is 27.9. The van der Waals surface area contributed by atoms with Crippen molar-refractivity contribution in [1.29, 1.82) is 0 Å². The number of benzene rings is 1. The lowest BCUT2D eigenvalue weighted by molar-refractivity contribution is -0.0214. The molecule has 156 valence electrons. The maximum absolute atomic E-state index is 14.8. The number of halogens is 2. The molecule has 1 aliphatic heterocycles. The Morgan fingerprint density at radius 2 is 2.07 bits per heavy atom. The number of rotatable bonds is 4. The van der Waals surface area contributed by atoms with Crippen LogP contribution in [0.1, 0.15) is 21.6 Å². The van der Waals surface area contributed by atoms with Crippen LogP contribution in [0, 0.1) is 18.6 Å². The quantitative estimate of drug-likeness (QED) is 0.661. The van der Waals surface area contributed by atoms with Crippen LogP contribution in [0.25, 0.3) is 16.9 Å². The van der Waals surface area contributed by atoms with Crippen molar-refractivity contribution in [3.8, 4) is 11.3 Å². The summed E-state index contributed by atoms with van der Waals surface area (Å²) >= 11 is 0. The molecular weight excluding hydrogens is 396 g/mol. The van der Waals surface area contributed by atoms with E-state index < -0.39 is 23.8 Å². The number of hydrogen-bond donors (Lipinski definition) is 1. The maximum atomic E-state index is 14.8. The Labute approximate surface area is 170 Å². The van der Waals surface area contributed by atoms with E-state index in [0.717, 1.165) is 17.7 Å². The largest absolute Gasteiger partial charge is 0.465 e. The van der Waals surface area contributed by atoms with Crippen LogP contribution in [0.3, 0.4) is 0 Å². The van der Waals surface area contributed by atoms with E-state index in [4.69, 9.17) is 4.74 Å². The SMILES string of the molecule is Cc1ccn2c(C[C@H]3CN(C(=O)O)CCO3)c(-c3c(F)cc(C=O)cc3F)nc2c1. The number of carboxylic acid groups (broad SMARTS) is 1. The summed E-state index contributed by atoms with van der Waals surface area (Å²) in [5.41, 5.74) is 1.59. The summed E-state index contributed by atoms with van der Waals surface area (Å²) in [6.07, 6.45) is 0.802. The summed E-state index contributed by atoms with van der Waals surface area (Å²) in [5.74, 6) is -1.79. The molecule has 1 atom stereocenters. The van der Waals surface area contributed by atoms with Gasteiger partial charge in [-0.05, 0) is 36.8 Å². The summed E-state index contributed by atoms with van der Waals surface area (Å²) in [5, 5.41) is 9.26. The highest BCUT2D eigenvalue weighted by atomic mass is 19.1. The van der Waals surface area contributed by atoms with Gasteiger partial charge >= 0.3 is 6.09 Å². The number of morpholine rings is 1. The van der Waals surface area contributed by atoms with Crippen LogP contribution in [0.15, 0.2) is 30.5 Å². The normalized spacial score (nSPS) is 16.8. The van der Waals surface area contributed by atoms with Crippen LogP contribution in [0.4, 0.5) is 13.6 Å². The minimum Gasteiger partial charge on any atom is -0.465 e. The standard InChI is InChI=1S/C21H19F2N3O4/c1-12-2-3-26-17(9-14-10-25(21(28)29)4-5-30-14)20(24-18(26)6-12)19-15(22)7-13(11-27)8-16(19)23/h2-3,6-8,11,14H,4-5,9-10H2,1H3,(H,28,29)/t14-/m0/s1. The fraction of sp³-hybridized carbons (Fsp3) is 0.286. The molecule has 30 heavy (non-hydrogen) atoms. The van der Waals surface area contributed by atoms with Crippen molar-refractivity contribution in [2.24, 2.45) is 0 Å².